The first-order valence-corrected chi connectivity index (χ1v) is 5.22. The number of nitro benzene ring substituents is 1. The van der Waals surface area contributed by atoms with Gasteiger partial charge in [-0.25, -0.2) is 0 Å². The van der Waals surface area contributed by atoms with E-state index in [1.807, 2.05) is 0 Å². The molecular formula is C9H10BrNO4. The van der Waals surface area contributed by atoms with Crippen LogP contribution in [0.25, 0.3) is 0 Å². The maximum absolute atomic E-state index is 10.9. The molecule has 0 atom stereocenters. The number of hydrogen-bond donors (Lipinski definition) is 0. The first-order chi connectivity index (χ1) is 7.15. The molecule has 1 aromatic rings. The van der Waals surface area contributed by atoms with Crippen molar-refractivity contribution in [1.82, 2.24) is 0 Å². The molecule has 0 spiro atoms. The topological polar surface area (TPSA) is 61.6 Å². The van der Waals surface area contributed by atoms with Crippen LogP contribution in [-0.2, 0) is 5.33 Å². The molecule has 0 heterocycles. The summed E-state index contributed by atoms with van der Waals surface area (Å²) in [6, 6.07) is 3.27. The lowest BCUT2D eigenvalue weighted by atomic mass is 10.2. The van der Waals surface area contributed by atoms with Crippen LogP contribution in [-0.4, -0.2) is 19.1 Å². The summed E-state index contributed by atoms with van der Waals surface area (Å²) in [7, 11) is 2.82. The SMILES string of the molecule is COc1ccc(CBr)c([N+](=O)[O-])c1OC. The first kappa shape index (κ1) is 11.8. The smallest absolute Gasteiger partial charge is 0.318 e. The summed E-state index contributed by atoms with van der Waals surface area (Å²) in [6.07, 6.45) is 0. The van der Waals surface area contributed by atoms with Gasteiger partial charge in [0.2, 0.25) is 5.75 Å². The number of benzene rings is 1. The maximum Gasteiger partial charge on any atom is 0.318 e. The lowest BCUT2D eigenvalue weighted by molar-refractivity contribution is -0.386. The quantitative estimate of drug-likeness (QED) is 0.481. The number of alkyl halides is 1. The van der Waals surface area contributed by atoms with Crippen LogP contribution in [0.4, 0.5) is 5.69 Å². The third-order valence-electron chi connectivity index (χ3n) is 1.93. The van der Waals surface area contributed by atoms with Crippen LogP contribution in [0.3, 0.4) is 0 Å². The van der Waals surface area contributed by atoms with Gasteiger partial charge in [-0.2, -0.15) is 0 Å². The largest absolute Gasteiger partial charge is 0.493 e. The summed E-state index contributed by atoms with van der Waals surface area (Å²) in [4.78, 5) is 10.4. The minimum atomic E-state index is -0.474. The Hall–Kier alpha value is -1.30. The summed E-state index contributed by atoms with van der Waals surface area (Å²) in [5, 5.41) is 11.3. The van der Waals surface area contributed by atoms with Crippen LogP contribution in [0.5, 0.6) is 11.5 Å². The van der Waals surface area contributed by atoms with Gasteiger partial charge in [0.25, 0.3) is 0 Å². The molecule has 1 rings (SSSR count). The molecule has 0 aliphatic carbocycles. The van der Waals surface area contributed by atoms with Crippen molar-refractivity contribution in [3.05, 3.63) is 27.8 Å². The molecule has 0 unspecified atom stereocenters. The molecular weight excluding hydrogens is 266 g/mol. The maximum atomic E-state index is 10.9. The highest BCUT2D eigenvalue weighted by Crippen LogP contribution is 2.39. The summed E-state index contributed by atoms with van der Waals surface area (Å²) in [5.41, 5.74) is 0.492. The Kier molecular flexibility index (Phi) is 3.90. The predicted octanol–water partition coefficient (Wildman–Crippen LogP) is 2.51. The Labute approximate surface area is 95.3 Å². The van der Waals surface area contributed by atoms with E-state index in [2.05, 4.69) is 15.9 Å². The average Bonchev–Trinajstić information content (AvgIpc) is 2.26. The van der Waals surface area contributed by atoms with E-state index in [0.29, 0.717) is 16.6 Å². The Bertz CT molecular complexity index is 381. The zero-order valence-electron chi connectivity index (χ0n) is 8.32. The second-order valence-corrected chi connectivity index (χ2v) is 3.26. The van der Waals surface area contributed by atoms with E-state index in [0.717, 1.165) is 0 Å². The molecule has 1 aromatic carbocycles. The van der Waals surface area contributed by atoms with Gasteiger partial charge < -0.3 is 9.47 Å². The second kappa shape index (κ2) is 4.97. The van der Waals surface area contributed by atoms with Gasteiger partial charge in [0, 0.05) is 10.9 Å². The Morgan fingerprint density at radius 2 is 2.07 bits per heavy atom. The molecule has 82 valence electrons. The molecule has 0 N–H and O–H groups in total. The highest BCUT2D eigenvalue weighted by atomic mass is 79.9. The predicted molar refractivity (Wildman–Crippen MR) is 58.8 cm³/mol. The van der Waals surface area contributed by atoms with Gasteiger partial charge >= 0.3 is 5.69 Å². The van der Waals surface area contributed by atoms with Crippen molar-refractivity contribution in [2.75, 3.05) is 14.2 Å². The summed E-state index contributed by atoms with van der Waals surface area (Å²) in [6.45, 7) is 0. The van der Waals surface area contributed by atoms with Crippen molar-refractivity contribution < 1.29 is 14.4 Å². The van der Waals surface area contributed by atoms with Crippen LogP contribution < -0.4 is 9.47 Å². The van der Waals surface area contributed by atoms with Gasteiger partial charge in [-0.05, 0) is 12.1 Å². The van der Waals surface area contributed by atoms with Crippen LogP contribution in [0.15, 0.2) is 12.1 Å². The van der Waals surface area contributed by atoms with Crippen LogP contribution in [0, 0.1) is 10.1 Å². The highest BCUT2D eigenvalue weighted by Gasteiger charge is 2.24. The van der Waals surface area contributed by atoms with Crippen molar-refractivity contribution >= 4 is 21.6 Å². The second-order valence-electron chi connectivity index (χ2n) is 2.70. The Morgan fingerprint density at radius 3 is 2.47 bits per heavy atom. The monoisotopic (exact) mass is 275 g/mol. The van der Waals surface area contributed by atoms with E-state index in [9.17, 15) is 10.1 Å². The number of nitro groups is 1. The molecule has 0 saturated carbocycles. The molecule has 5 nitrogen and oxygen atoms in total. The third-order valence-corrected chi connectivity index (χ3v) is 2.53. The van der Waals surface area contributed by atoms with Gasteiger partial charge in [-0.1, -0.05) is 15.9 Å². The molecule has 0 bridgehead atoms. The zero-order chi connectivity index (χ0) is 11.4. The van der Waals surface area contributed by atoms with E-state index in [1.54, 1.807) is 12.1 Å². The first-order valence-electron chi connectivity index (χ1n) is 4.09. The zero-order valence-corrected chi connectivity index (χ0v) is 9.91. The van der Waals surface area contributed by atoms with Gasteiger partial charge in [-0.15, -0.1) is 0 Å². The van der Waals surface area contributed by atoms with E-state index in [1.165, 1.54) is 14.2 Å². The van der Waals surface area contributed by atoms with Crippen molar-refractivity contribution in [1.29, 1.82) is 0 Å². The fourth-order valence-electron chi connectivity index (χ4n) is 1.26. The standard InChI is InChI=1S/C9H10BrNO4/c1-14-7-4-3-6(5-10)8(11(12)13)9(7)15-2/h3-4H,5H2,1-2H3. The van der Waals surface area contributed by atoms with E-state index >= 15 is 0 Å². The van der Waals surface area contributed by atoms with E-state index in [4.69, 9.17) is 9.47 Å². The van der Waals surface area contributed by atoms with E-state index in [-0.39, 0.29) is 11.4 Å². The molecule has 0 aliphatic rings. The fraction of sp³-hybridized carbons (Fsp3) is 0.333. The highest BCUT2D eigenvalue weighted by molar-refractivity contribution is 9.08. The summed E-state index contributed by atoms with van der Waals surface area (Å²) >= 11 is 3.19. The van der Waals surface area contributed by atoms with Gasteiger partial charge in [0.15, 0.2) is 5.75 Å². The molecule has 0 aliphatic heterocycles. The number of hydrogen-bond acceptors (Lipinski definition) is 4. The average molecular weight is 276 g/mol. The van der Waals surface area contributed by atoms with Crippen molar-refractivity contribution in [3.8, 4) is 11.5 Å². The van der Waals surface area contributed by atoms with Gasteiger partial charge in [0.05, 0.1) is 19.1 Å². The van der Waals surface area contributed by atoms with Crippen LogP contribution in [0.2, 0.25) is 0 Å². The Morgan fingerprint density at radius 1 is 1.40 bits per heavy atom. The van der Waals surface area contributed by atoms with Crippen molar-refractivity contribution in [3.63, 3.8) is 0 Å². The third kappa shape index (κ3) is 2.20. The molecule has 0 aromatic heterocycles. The normalized spacial score (nSPS) is 9.80. The minimum Gasteiger partial charge on any atom is -0.493 e. The van der Waals surface area contributed by atoms with Crippen molar-refractivity contribution in [2.24, 2.45) is 0 Å². The fourth-order valence-corrected chi connectivity index (χ4v) is 1.71. The number of ether oxygens (including phenoxy) is 2. The summed E-state index contributed by atoms with van der Waals surface area (Å²) in [5.74, 6) is 0.508. The van der Waals surface area contributed by atoms with Crippen LogP contribution in [0.1, 0.15) is 5.56 Å². The number of nitrogens with zero attached hydrogens (tertiary/aromatic N) is 1. The molecule has 15 heavy (non-hydrogen) atoms. The lowest BCUT2D eigenvalue weighted by Gasteiger charge is -2.09. The number of methoxy groups -OCH3 is 2. The summed E-state index contributed by atoms with van der Waals surface area (Å²) < 4.78 is 9.97. The van der Waals surface area contributed by atoms with Gasteiger partial charge in [-0.3, -0.25) is 10.1 Å². The molecule has 0 amide bonds. The number of halogens is 1. The molecule has 0 fully saturated rings. The molecule has 6 heteroatoms. The lowest BCUT2D eigenvalue weighted by Crippen LogP contribution is -2.00. The van der Waals surface area contributed by atoms with Gasteiger partial charge in [0.1, 0.15) is 0 Å². The van der Waals surface area contributed by atoms with Crippen molar-refractivity contribution in [2.45, 2.75) is 5.33 Å². The minimum absolute atomic E-state index is 0.0614. The molecule has 0 radical (unpaired) electrons. The number of rotatable bonds is 4. The molecule has 0 saturated heterocycles. The van der Waals surface area contributed by atoms with E-state index < -0.39 is 4.92 Å². The van der Waals surface area contributed by atoms with Crippen LogP contribution >= 0.6 is 15.9 Å². The Balaban J connectivity index is 3.44.